The molecule has 1 aromatic heterocycles. The molecule has 3 aromatic rings. The Kier molecular flexibility index (Phi) is 3.77. The summed E-state index contributed by atoms with van der Waals surface area (Å²) in [6.45, 7) is 0. The molecule has 1 aliphatic heterocycles. The standard InChI is InChI=1S/C19H16F2N2O2/c1-25-19(24)16-9-14-13-4-2-3-5-15(13)22-18(14)17(23-16)10-6-11(20)8-12(21)7-10/h2-8,16-17,22-23H,9H2,1H3/t16-,17?/m0/s1. The van der Waals surface area contributed by atoms with Gasteiger partial charge < -0.3 is 9.72 Å². The molecule has 0 amide bonds. The minimum Gasteiger partial charge on any atom is -0.468 e. The number of carbonyl (C=O) groups excluding carboxylic acids is 1. The number of aromatic amines is 1. The van der Waals surface area contributed by atoms with E-state index < -0.39 is 29.7 Å². The molecule has 0 radical (unpaired) electrons. The van der Waals surface area contributed by atoms with Gasteiger partial charge in [0.05, 0.1) is 13.2 Å². The Hall–Kier alpha value is -2.73. The number of nitrogens with one attached hydrogen (secondary N) is 2. The Balaban J connectivity index is 1.90. The molecule has 2 atom stereocenters. The van der Waals surface area contributed by atoms with E-state index in [1.807, 2.05) is 24.3 Å². The number of aromatic nitrogens is 1. The van der Waals surface area contributed by atoms with Crippen molar-refractivity contribution in [2.24, 2.45) is 0 Å². The first-order valence-electron chi connectivity index (χ1n) is 7.96. The highest BCUT2D eigenvalue weighted by Crippen LogP contribution is 2.35. The minimum atomic E-state index is -0.658. The second-order valence-electron chi connectivity index (χ2n) is 6.15. The lowest BCUT2D eigenvalue weighted by Gasteiger charge is -2.30. The maximum atomic E-state index is 13.7. The van der Waals surface area contributed by atoms with Gasteiger partial charge in [-0.25, -0.2) is 8.78 Å². The molecule has 0 bridgehead atoms. The largest absolute Gasteiger partial charge is 0.468 e. The van der Waals surface area contributed by atoms with Crippen molar-refractivity contribution in [2.75, 3.05) is 7.11 Å². The van der Waals surface area contributed by atoms with E-state index in [-0.39, 0.29) is 0 Å². The Bertz CT molecular complexity index is 947. The molecule has 1 aliphatic rings. The average molecular weight is 342 g/mol. The van der Waals surface area contributed by atoms with E-state index in [1.165, 1.54) is 19.2 Å². The molecule has 25 heavy (non-hydrogen) atoms. The first-order chi connectivity index (χ1) is 12.1. The van der Waals surface area contributed by atoms with E-state index in [2.05, 4.69) is 10.3 Å². The summed E-state index contributed by atoms with van der Waals surface area (Å²) in [5.74, 6) is -1.72. The van der Waals surface area contributed by atoms with Gasteiger partial charge in [0, 0.05) is 29.1 Å². The molecule has 0 saturated heterocycles. The number of methoxy groups -OCH3 is 1. The van der Waals surface area contributed by atoms with Crippen LogP contribution in [0.4, 0.5) is 8.78 Å². The third-order valence-electron chi connectivity index (χ3n) is 4.62. The monoisotopic (exact) mass is 342 g/mol. The van der Waals surface area contributed by atoms with Crippen LogP contribution in [0, 0.1) is 11.6 Å². The van der Waals surface area contributed by atoms with Gasteiger partial charge in [-0.1, -0.05) is 18.2 Å². The fourth-order valence-corrected chi connectivity index (χ4v) is 3.53. The highest BCUT2D eigenvalue weighted by molar-refractivity contribution is 5.87. The molecule has 4 rings (SSSR count). The molecule has 2 N–H and O–H groups in total. The number of hydrogen-bond acceptors (Lipinski definition) is 3. The Labute approximate surface area is 142 Å². The van der Waals surface area contributed by atoms with Crippen LogP contribution in [-0.2, 0) is 16.0 Å². The van der Waals surface area contributed by atoms with E-state index >= 15 is 0 Å². The van der Waals surface area contributed by atoms with Crippen LogP contribution in [0.1, 0.15) is 22.9 Å². The van der Waals surface area contributed by atoms with Gasteiger partial charge in [0.2, 0.25) is 0 Å². The zero-order valence-corrected chi connectivity index (χ0v) is 13.5. The van der Waals surface area contributed by atoms with Crippen molar-refractivity contribution in [3.05, 3.63) is 70.9 Å². The van der Waals surface area contributed by atoms with Crippen LogP contribution >= 0.6 is 0 Å². The van der Waals surface area contributed by atoms with Crippen molar-refractivity contribution < 1.29 is 18.3 Å². The van der Waals surface area contributed by atoms with Crippen LogP contribution in [0.3, 0.4) is 0 Å². The number of halogens is 2. The molecular formula is C19H16F2N2O2. The maximum Gasteiger partial charge on any atom is 0.323 e. The lowest BCUT2D eigenvalue weighted by molar-refractivity contribution is -0.143. The van der Waals surface area contributed by atoms with E-state index in [0.717, 1.165) is 28.2 Å². The van der Waals surface area contributed by atoms with Crippen molar-refractivity contribution >= 4 is 16.9 Å². The summed E-state index contributed by atoms with van der Waals surface area (Å²) < 4.78 is 32.3. The highest BCUT2D eigenvalue weighted by atomic mass is 19.1. The first-order valence-corrected chi connectivity index (χ1v) is 7.96. The summed E-state index contributed by atoms with van der Waals surface area (Å²) in [7, 11) is 1.33. The van der Waals surface area contributed by atoms with E-state index in [0.29, 0.717) is 12.0 Å². The molecule has 0 aliphatic carbocycles. The van der Waals surface area contributed by atoms with Gasteiger partial charge in [0.1, 0.15) is 17.7 Å². The summed E-state index contributed by atoms with van der Waals surface area (Å²) in [4.78, 5) is 15.4. The van der Waals surface area contributed by atoms with Crippen LogP contribution < -0.4 is 5.32 Å². The van der Waals surface area contributed by atoms with E-state index in [9.17, 15) is 13.6 Å². The van der Waals surface area contributed by atoms with Gasteiger partial charge >= 0.3 is 5.97 Å². The first kappa shape index (κ1) is 15.8. The lowest BCUT2D eigenvalue weighted by Crippen LogP contribution is -2.45. The van der Waals surface area contributed by atoms with Crippen LogP contribution in [0.2, 0.25) is 0 Å². The van der Waals surface area contributed by atoms with Gasteiger partial charge in [0.25, 0.3) is 0 Å². The summed E-state index contributed by atoms with van der Waals surface area (Å²) in [6, 6.07) is 9.98. The molecule has 0 saturated carbocycles. The normalized spacial score (nSPS) is 19.6. The predicted octanol–water partition coefficient (Wildman–Crippen LogP) is 3.22. The van der Waals surface area contributed by atoms with Gasteiger partial charge in [-0.2, -0.15) is 0 Å². The van der Waals surface area contributed by atoms with Gasteiger partial charge in [-0.3, -0.25) is 10.1 Å². The molecule has 4 nitrogen and oxygen atoms in total. The van der Waals surface area contributed by atoms with Gasteiger partial charge in [-0.15, -0.1) is 0 Å². The molecular weight excluding hydrogens is 326 g/mol. The maximum absolute atomic E-state index is 13.7. The number of rotatable bonds is 2. The third-order valence-corrected chi connectivity index (χ3v) is 4.62. The number of esters is 1. The Morgan fingerprint density at radius 1 is 1.16 bits per heavy atom. The highest BCUT2D eigenvalue weighted by Gasteiger charge is 2.34. The van der Waals surface area contributed by atoms with Crippen LogP contribution in [-0.4, -0.2) is 24.1 Å². The molecule has 2 heterocycles. The van der Waals surface area contributed by atoms with Gasteiger partial charge in [-0.05, 0) is 29.3 Å². The zero-order valence-electron chi connectivity index (χ0n) is 13.5. The summed E-state index contributed by atoms with van der Waals surface area (Å²) >= 11 is 0. The molecule has 128 valence electrons. The summed E-state index contributed by atoms with van der Waals surface area (Å²) in [5, 5.41) is 4.15. The van der Waals surface area contributed by atoms with Crippen molar-refractivity contribution in [1.82, 2.24) is 10.3 Å². The number of benzene rings is 2. The zero-order chi connectivity index (χ0) is 17.6. The van der Waals surface area contributed by atoms with Crippen LogP contribution in [0.5, 0.6) is 0 Å². The molecule has 6 heteroatoms. The van der Waals surface area contributed by atoms with Crippen LogP contribution in [0.15, 0.2) is 42.5 Å². The average Bonchev–Trinajstić information content (AvgIpc) is 2.98. The topological polar surface area (TPSA) is 54.1 Å². The second kappa shape index (κ2) is 5.97. The quantitative estimate of drug-likeness (QED) is 0.703. The van der Waals surface area contributed by atoms with Crippen molar-refractivity contribution in [1.29, 1.82) is 0 Å². The summed E-state index contributed by atoms with van der Waals surface area (Å²) in [5.41, 5.74) is 3.10. The van der Waals surface area contributed by atoms with Crippen molar-refractivity contribution in [3.63, 3.8) is 0 Å². The smallest absolute Gasteiger partial charge is 0.323 e. The molecule has 0 fully saturated rings. The van der Waals surface area contributed by atoms with Crippen molar-refractivity contribution in [2.45, 2.75) is 18.5 Å². The predicted molar refractivity (Wildman–Crippen MR) is 89.1 cm³/mol. The number of H-pyrrole nitrogens is 1. The lowest BCUT2D eigenvalue weighted by atomic mass is 9.90. The number of ether oxygens (including phenoxy) is 1. The van der Waals surface area contributed by atoms with Crippen LogP contribution in [0.25, 0.3) is 10.9 Å². The number of para-hydroxylation sites is 1. The molecule has 2 aromatic carbocycles. The SMILES string of the molecule is COC(=O)[C@@H]1Cc2c([nH]c3ccccc23)C(c2cc(F)cc(F)c2)N1. The number of fused-ring (bicyclic) bond motifs is 3. The van der Waals surface area contributed by atoms with Gasteiger partial charge in [0.15, 0.2) is 0 Å². The summed E-state index contributed by atoms with van der Waals surface area (Å²) in [6.07, 6.45) is 0.445. The Morgan fingerprint density at radius 2 is 1.88 bits per heavy atom. The number of hydrogen-bond donors (Lipinski definition) is 2. The van der Waals surface area contributed by atoms with E-state index in [1.54, 1.807) is 0 Å². The second-order valence-corrected chi connectivity index (χ2v) is 6.15. The van der Waals surface area contributed by atoms with E-state index in [4.69, 9.17) is 4.74 Å². The van der Waals surface area contributed by atoms with Crippen molar-refractivity contribution in [3.8, 4) is 0 Å². The minimum absolute atomic E-state index is 0.405. The Morgan fingerprint density at radius 3 is 2.60 bits per heavy atom. The number of carbonyl (C=O) groups is 1. The molecule has 0 spiro atoms. The third kappa shape index (κ3) is 2.68. The fraction of sp³-hybridized carbons (Fsp3) is 0.211. The molecule has 1 unspecified atom stereocenters. The fourth-order valence-electron chi connectivity index (χ4n) is 3.53.